The SMILES string of the molecule is C=CCOC(=O)[C@H]1[C@H]2C(=O)N([C@H](C)CO)C(C(=O)N(CC=C)c3cc(C)ccc3C)C23CC(C)[C@]1(C)O3. The molecule has 3 aliphatic heterocycles. The van der Waals surface area contributed by atoms with Crippen LogP contribution >= 0.6 is 0 Å². The predicted octanol–water partition coefficient (Wildman–Crippen LogP) is 2.94. The molecule has 3 heterocycles. The molecule has 0 saturated carbocycles. The first-order valence-electron chi connectivity index (χ1n) is 12.9. The molecule has 2 bridgehead atoms. The Labute approximate surface area is 218 Å². The number of carbonyl (C=O) groups is 3. The highest BCUT2D eigenvalue weighted by molar-refractivity contribution is 6.05. The quantitative estimate of drug-likeness (QED) is 0.405. The van der Waals surface area contributed by atoms with Gasteiger partial charge in [-0.2, -0.15) is 0 Å². The van der Waals surface area contributed by atoms with E-state index in [1.54, 1.807) is 17.9 Å². The van der Waals surface area contributed by atoms with Crippen LogP contribution in [0.5, 0.6) is 0 Å². The molecule has 200 valence electrons. The molecule has 0 aromatic heterocycles. The maximum Gasteiger partial charge on any atom is 0.313 e. The van der Waals surface area contributed by atoms with Crippen LogP contribution in [0, 0.1) is 31.6 Å². The molecule has 0 aliphatic carbocycles. The van der Waals surface area contributed by atoms with Crippen LogP contribution in [0.1, 0.15) is 38.3 Å². The number of aryl methyl sites for hydroxylation is 2. The lowest BCUT2D eigenvalue weighted by Gasteiger charge is -2.39. The second kappa shape index (κ2) is 9.72. The summed E-state index contributed by atoms with van der Waals surface area (Å²) in [6.07, 6.45) is 3.57. The fraction of sp³-hybridized carbons (Fsp3) is 0.552. The van der Waals surface area contributed by atoms with Gasteiger partial charge in [-0.3, -0.25) is 14.4 Å². The summed E-state index contributed by atoms with van der Waals surface area (Å²) in [5.74, 6) is -3.08. The van der Waals surface area contributed by atoms with Crippen LogP contribution < -0.4 is 4.90 Å². The maximum atomic E-state index is 14.6. The Morgan fingerprint density at radius 2 is 2.03 bits per heavy atom. The number of benzene rings is 1. The van der Waals surface area contributed by atoms with E-state index in [9.17, 15) is 19.5 Å². The normalized spacial score (nSPS) is 32.7. The minimum absolute atomic E-state index is 0.0204. The van der Waals surface area contributed by atoms with Gasteiger partial charge in [-0.05, 0) is 57.2 Å². The minimum atomic E-state index is -1.22. The zero-order chi connectivity index (χ0) is 27.3. The predicted molar refractivity (Wildman–Crippen MR) is 140 cm³/mol. The highest BCUT2D eigenvalue weighted by Gasteiger charge is 2.80. The van der Waals surface area contributed by atoms with Crippen molar-refractivity contribution in [1.29, 1.82) is 0 Å². The highest BCUT2D eigenvalue weighted by atomic mass is 16.6. The second-order valence-corrected chi connectivity index (χ2v) is 10.9. The Hall–Kier alpha value is -2.97. The molecule has 1 spiro atoms. The van der Waals surface area contributed by atoms with E-state index in [0.29, 0.717) is 6.42 Å². The third-order valence-corrected chi connectivity index (χ3v) is 8.56. The fourth-order valence-corrected chi connectivity index (χ4v) is 6.70. The second-order valence-electron chi connectivity index (χ2n) is 10.9. The summed E-state index contributed by atoms with van der Waals surface area (Å²) < 4.78 is 12.1. The van der Waals surface area contributed by atoms with E-state index in [1.165, 1.54) is 11.0 Å². The molecule has 1 aromatic rings. The molecule has 4 rings (SSSR count). The van der Waals surface area contributed by atoms with Crippen LogP contribution in [0.3, 0.4) is 0 Å². The average Bonchev–Trinajstić information content (AvgIpc) is 3.38. The number of ether oxygens (including phenoxy) is 2. The molecule has 37 heavy (non-hydrogen) atoms. The third-order valence-electron chi connectivity index (χ3n) is 8.56. The zero-order valence-electron chi connectivity index (χ0n) is 22.4. The van der Waals surface area contributed by atoms with Gasteiger partial charge in [-0.1, -0.05) is 37.8 Å². The largest absolute Gasteiger partial charge is 0.461 e. The lowest BCUT2D eigenvalue weighted by Crippen LogP contribution is -2.58. The van der Waals surface area contributed by atoms with Crippen molar-refractivity contribution in [2.75, 3.05) is 24.7 Å². The van der Waals surface area contributed by atoms with Gasteiger partial charge in [0.2, 0.25) is 5.91 Å². The summed E-state index contributed by atoms with van der Waals surface area (Å²) in [5.41, 5.74) is 0.437. The first kappa shape index (κ1) is 27.1. The molecule has 1 N–H and O–H groups in total. The topological polar surface area (TPSA) is 96.4 Å². The van der Waals surface area contributed by atoms with E-state index in [-0.39, 0.29) is 37.5 Å². The van der Waals surface area contributed by atoms with Crippen molar-refractivity contribution in [3.63, 3.8) is 0 Å². The van der Waals surface area contributed by atoms with Crippen LogP contribution in [-0.4, -0.2) is 70.8 Å². The van der Waals surface area contributed by atoms with Gasteiger partial charge in [0.15, 0.2) is 0 Å². The Kier molecular flexibility index (Phi) is 7.12. The Morgan fingerprint density at radius 3 is 2.65 bits per heavy atom. The summed E-state index contributed by atoms with van der Waals surface area (Å²) in [6, 6.07) is 4.20. The van der Waals surface area contributed by atoms with Crippen molar-refractivity contribution in [3.05, 3.63) is 54.6 Å². The van der Waals surface area contributed by atoms with Crippen molar-refractivity contribution < 1.29 is 29.0 Å². The smallest absolute Gasteiger partial charge is 0.313 e. The molecule has 1 aromatic carbocycles. The molecule has 3 unspecified atom stereocenters. The van der Waals surface area contributed by atoms with Crippen molar-refractivity contribution in [3.8, 4) is 0 Å². The van der Waals surface area contributed by atoms with E-state index < -0.39 is 41.1 Å². The van der Waals surface area contributed by atoms with E-state index in [4.69, 9.17) is 9.47 Å². The van der Waals surface area contributed by atoms with E-state index >= 15 is 0 Å². The Balaban J connectivity index is 1.87. The third kappa shape index (κ3) is 3.92. The van der Waals surface area contributed by atoms with Crippen molar-refractivity contribution in [2.24, 2.45) is 17.8 Å². The lowest BCUT2D eigenvalue weighted by molar-refractivity contribution is -0.161. The summed E-state index contributed by atoms with van der Waals surface area (Å²) in [7, 11) is 0. The molecule has 2 amide bonds. The summed E-state index contributed by atoms with van der Waals surface area (Å²) in [4.78, 5) is 45.0. The maximum absolute atomic E-state index is 14.6. The van der Waals surface area contributed by atoms with Gasteiger partial charge in [0.1, 0.15) is 24.2 Å². The Morgan fingerprint density at radius 1 is 1.32 bits per heavy atom. The number of esters is 1. The van der Waals surface area contributed by atoms with Gasteiger partial charge in [0.25, 0.3) is 5.91 Å². The van der Waals surface area contributed by atoms with Crippen LogP contribution in [0.2, 0.25) is 0 Å². The number of nitrogens with zero attached hydrogens (tertiary/aromatic N) is 2. The first-order valence-corrected chi connectivity index (χ1v) is 12.9. The summed E-state index contributed by atoms with van der Waals surface area (Å²) in [5, 5.41) is 10.1. The number of fused-ring (bicyclic) bond motifs is 1. The number of hydrogen-bond donors (Lipinski definition) is 1. The number of likely N-dealkylation sites (tertiary alicyclic amines) is 1. The molecular formula is C29H38N2O6. The first-order chi connectivity index (χ1) is 17.5. The van der Waals surface area contributed by atoms with Gasteiger partial charge in [-0.25, -0.2) is 0 Å². The minimum Gasteiger partial charge on any atom is -0.461 e. The fourth-order valence-electron chi connectivity index (χ4n) is 6.70. The van der Waals surface area contributed by atoms with Gasteiger partial charge in [-0.15, -0.1) is 6.58 Å². The van der Waals surface area contributed by atoms with Crippen molar-refractivity contribution in [1.82, 2.24) is 4.90 Å². The summed E-state index contributed by atoms with van der Waals surface area (Å²) >= 11 is 0. The number of carbonyl (C=O) groups excluding carboxylic acids is 3. The van der Waals surface area contributed by atoms with Crippen LogP contribution in [0.15, 0.2) is 43.5 Å². The summed E-state index contributed by atoms with van der Waals surface area (Å²) in [6.45, 7) is 16.8. The number of aliphatic hydroxyl groups is 1. The molecule has 8 heteroatoms. The van der Waals surface area contributed by atoms with Gasteiger partial charge < -0.3 is 24.4 Å². The number of anilines is 1. The van der Waals surface area contributed by atoms with E-state index in [1.807, 2.05) is 45.9 Å². The van der Waals surface area contributed by atoms with E-state index in [0.717, 1.165) is 16.8 Å². The van der Waals surface area contributed by atoms with Gasteiger partial charge >= 0.3 is 5.97 Å². The number of amides is 2. The number of rotatable bonds is 9. The van der Waals surface area contributed by atoms with Crippen LogP contribution in [0.25, 0.3) is 0 Å². The van der Waals surface area contributed by atoms with Gasteiger partial charge in [0.05, 0.1) is 24.2 Å². The van der Waals surface area contributed by atoms with Gasteiger partial charge in [0, 0.05) is 12.2 Å². The zero-order valence-corrected chi connectivity index (χ0v) is 22.4. The monoisotopic (exact) mass is 510 g/mol. The molecule has 0 radical (unpaired) electrons. The molecule has 8 nitrogen and oxygen atoms in total. The van der Waals surface area contributed by atoms with Crippen LogP contribution in [0.4, 0.5) is 5.69 Å². The van der Waals surface area contributed by atoms with Crippen molar-refractivity contribution >= 4 is 23.5 Å². The number of aliphatic hydroxyl groups excluding tert-OH is 1. The standard InChI is InChI=1S/C29H38N2O6/c1-8-12-30(21-14-17(3)10-11-18(21)4)26(34)24-29-15-19(5)28(7,37-29)23(27(35)36-13-9-2)22(29)25(33)31(24)20(6)16-32/h8-11,14,19-20,22-24,32H,1-2,12-13,15-16H2,3-7H3/t19?,20-,22+,23-,24?,28+,29?/m1/s1. The molecule has 3 fully saturated rings. The molecular weight excluding hydrogens is 472 g/mol. The average molecular weight is 511 g/mol. The van der Waals surface area contributed by atoms with Crippen molar-refractivity contribution in [2.45, 2.75) is 64.3 Å². The Bertz CT molecular complexity index is 1130. The lowest BCUT2D eigenvalue weighted by atomic mass is 9.62. The van der Waals surface area contributed by atoms with Crippen LogP contribution in [-0.2, 0) is 23.9 Å². The molecule has 3 aliphatic rings. The molecule has 7 atom stereocenters. The highest BCUT2D eigenvalue weighted by Crippen LogP contribution is 2.65. The van der Waals surface area contributed by atoms with E-state index in [2.05, 4.69) is 13.2 Å². The molecule has 3 saturated heterocycles. The number of hydrogen-bond acceptors (Lipinski definition) is 6.